The molecule has 0 bridgehead atoms. The van der Waals surface area contributed by atoms with Gasteiger partial charge in [-0.25, -0.2) is 0 Å². The average molecular weight is 696 g/mol. The third-order valence-corrected chi connectivity index (χ3v) is 11.4. The summed E-state index contributed by atoms with van der Waals surface area (Å²) in [7, 11) is 0. The lowest BCUT2D eigenvalue weighted by Crippen LogP contribution is -2.17. The van der Waals surface area contributed by atoms with Gasteiger partial charge in [-0.05, 0) is 96.6 Å². The molecule has 0 aromatic heterocycles. The summed E-state index contributed by atoms with van der Waals surface area (Å²) in [6.07, 6.45) is 0. The molecule has 0 saturated carbocycles. The Balaban J connectivity index is 1.40. The van der Waals surface area contributed by atoms with Gasteiger partial charge in [0.2, 0.25) is 0 Å². The molecule has 9 rings (SSSR count). The third kappa shape index (κ3) is 5.63. The molecule has 0 atom stereocenters. The lowest BCUT2D eigenvalue weighted by molar-refractivity contribution is 0.590. The minimum Gasteiger partial charge on any atom is -0.309 e. The van der Waals surface area contributed by atoms with Gasteiger partial charge in [-0.3, -0.25) is 0 Å². The first-order valence-corrected chi connectivity index (χ1v) is 19.1. The molecule has 0 saturated heterocycles. The molecule has 54 heavy (non-hydrogen) atoms. The monoisotopic (exact) mass is 695 g/mol. The molecule has 0 N–H and O–H groups in total. The minimum absolute atomic E-state index is 0.0154. The highest BCUT2D eigenvalue weighted by Crippen LogP contribution is 2.53. The largest absolute Gasteiger partial charge is 0.309 e. The van der Waals surface area contributed by atoms with Gasteiger partial charge in [0.1, 0.15) is 0 Å². The zero-order valence-electron chi connectivity index (χ0n) is 31.8. The summed E-state index contributed by atoms with van der Waals surface area (Å²) in [4.78, 5) is 2.53. The molecule has 1 heteroatoms. The number of benzene rings is 8. The summed E-state index contributed by atoms with van der Waals surface area (Å²) in [6.45, 7) is 11.6. The summed E-state index contributed by atoms with van der Waals surface area (Å²) in [5, 5.41) is 2.44. The smallest absolute Gasteiger partial charge is 0.0546 e. The van der Waals surface area contributed by atoms with E-state index in [1.54, 1.807) is 0 Å². The molecule has 1 aliphatic rings. The van der Waals surface area contributed by atoms with Crippen molar-refractivity contribution in [1.29, 1.82) is 0 Å². The van der Waals surface area contributed by atoms with Crippen molar-refractivity contribution in [2.45, 2.75) is 45.4 Å². The van der Waals surface area contributed by atoms with Crippen LogP contribution in [0.4, 0.5) is 17.1 Å². The molecule has 0 unspecified atom stereocenters. The van der Waals surface area contributed by atoms with Crippen LogP contribution >= 0.6 is 0 Å². The molecule has 0 spiro atoms. The van der Waals surface area contributed by atoms with Crippen molar-refractivity contribution < 1.29 is 0 Å². The van der Waals surface area contributed by atoms with E-state index in [1.165, 1.54) is 72.0 Å². The van der Waals surface area contributed by atoms with Gasteiger partial charge < -0.3 is 4.90 Å². The van der Waals surface area contributed by atoms with Crippen molar-refractivity contribution in [3.63, 3.8) is 0 Å². The number of fused-ring (bicyclic) bond motifs is 4. The summed E-state index contributed by atoms with van der Waals surface area (Å²) < 4.78 is 0. The van der Waals surface area contributed by atoms with Crippen LogP contribution in [0.25, 0.3) is 55.3 Å². The van der Waals surface area contributed by atoms with Gasteiger partial charge in [-0.1, -0.05) is 186 Å². The second-order valence-electron chi connectivity index (χ2n) is 16.2. The molecule has 1 aliphatic carbocycles. The standard InChI is InChI=1S/C53H45N/c1-52(2,3)39-29-33-49(45(34-39)37-20-10-7-11-21-37)54(40-30-31-48-46(35-40)43-25-16-17-27-47(43)53(48,4)5)50-32-28-38-22-12-13-24-42(38)51(50)44-26-15-14-23-41(44)36-18-8-6-9-19-36/h6-35H,1-5H3. The minimum atomic E-state index is -0.0818. The first kappa shape index (κ1) is 33.6. The summed E-state index contributed by atoms with van der Waals surface area (Å²) >= 11 is 0. The number of anilines is 3. The topological polar surface area (TPSA) is 3.24 Å². The van der Waals surface area contributed by atoms with Crippen molar-refractivity contribution in [2.24, 2.45) is 0 Å². The van der Waals surface area contributed by atoms with Crippen molar-refractivity contribution in [2.75, 3.05) is 4.90 Å². The van der Waals surface area contributed by atoms with Crippen LogP contribution < -0.4 is 4.90 Å². The van der Waals surface area contributed by atoms with E-state index < -0.39 is 0 Å². The molecule has 8 aromatic rings. The molecule has 0 fully saturated rings. The van der Waals surface area contributed by atoms with Gasteiger partial charge in [0.25, 0.3) is 0 Å². The fraction of sp³-hybridized carbons (Fsp3) is 0.132. The molecule has 0 amide bonds. The van der Waals surface area contributed by atoms with Gasteiger partial charge in [0.05, 0.1) is 11.4 Å². The third-order valence-electron chi connectivity index (χ3n) is 11.4. The number of hydrogen-bond acceptors (Lipinski definition) is 1. The first-order valence-electron chi connectivity index (χ1n) is 19.1. The maximum absolute atomic E-state index is 2.53. The van der Waals surface area contributed by atoms with Crippen molar-refractivity contribution in [3.05, 3.63) is 199 Å². The van der Waals surface area contributed by atoms with Crippen LogP contribution in [0.5, 0.6) is 0 Å². The zero-order chi connectivity index (χ0) is 37.0. The molecule has 262 valence electrons. The Hall–Kier alpha value is -6.18. The van der Waals surface area contributed by atoms with Gasteiger partial charge in [-0.15, -0.1) is 0 Å². The maximum Gasteiger partial charge on any atom is 0.0546 e. The predicted octanol–water partition coefficient (Wildman–Crippen LogP) is 14.9. The van der Waals surface area contributed by atoms with Gasteiger partial charge in [0, 0.05) is 22.2 Å². The highest BCUT2D eigenvalue weighted by Gasteiger charge is 2.36. The Kier molecular flexibility index (Phi) is 8.12. The van der Waals surface area contributed by atoms with E-state index in [0.717, 1.165) is 17.1 Å². The lowest BCUT2D eigenvalue weighted by Gasteiger charge is -2.33. The SMILES string of the molecule is CC(C)(C)c1ccc(N(c2ccc3c(c2)-c2ccccc2C3(C)C)c2ccc3ccccc3c2-c2ccccc2-c2ccccc2)c(-c2ccccc2)c1. The summed E-state index contributed by atoms with van der Waals surface area (Å²) in [5.41, 5.74) is 17.3. The van der Waals surface area contributed by atoms with Gasteiger partial charge in [0.15, 0.2) is 0 Å². The van der Waals surface area contributed by atoms with Crippen molar-refractivity contribution in [3.8, 4) is 44.5 Å². The quantitative estimate of drug-likeness (QED) is 0.167. The zero-order valence-corrected chi connectivity index (χ0v) is 31.8. The van der Waals surface area contributed by atoms with Crippen LogP contribution in [0.15, 0.2) is 182 Å². The molecule has 8 aromatic carbocycles. The fourth-order valence-electron chi connectivity index (χ4n) is 8.60. The normalized spacial score (nSPS) is 13.1. The number of hydrogen-bond donors (Lipinski definition) is 0. The molecule has 0 aliphatic heterocycles. The van der Waals surface area contributed by atoms with E-state index in [-0.39, 0.29) is 10.8 Å². The first-order chi connectivity index (χ1) is 26.2. The number of rotatable bonds is 6. The Bertz CT molecular complexity index is 2660. The van der Waals surface area contributed by atoms with Crippen molar-refractivity contribution in [1.82, 2.24) is 0 Å². The Morgan fingerprint density at radius 3 is 1.72 bits per heavy atom. The van der Waals surface area contributed by atoms with Crippen LogP contribution in [0, 0.1) is 0 Å². The summed E-state index contributed by atoms with van der Waals surface area (Å²) in [5.74, 6) is 0. The highest BCUT2D eigenvalue weighted by molar-refractivity contribution is 6.09. The van der Waals surface area contributed by atoms with Crippen molar-refractivity contribution >= 4 is 27.8 Å². The van der Waals surface area contributed by atoms with E-state index in [1.807, 2.05) is 0 Å². The summed E-state index contributed by atoms with van der Waals surface area (Å²) in [6, 6.07) is 67.3. The Morgan fingerprint density at radius 2 is 1.00 bits per heavy atom. The van der Waals surface area contributed by atoms with Crippen LogP contribution in [0.1, 0.15) is 51.3 Å². The molecular weight excluding hydrogens is 651 g/mol. The van der Waals surface area contributed by atoms with E-state index in [4.69, 9.17) is 0 Å². The predicted molar refractivity (Wildman–Crippen MR) is 231 cm³/mol. The molecular formula is C53H45N. The lowest BCUT2D eigenvalue weighted by atomic mass is 9.82. The Labute approximate surface area is 320 Å². The van der Waals surface area contributed by atoms with E-state index >= 15 is 0 Å². The fourth-order valence-corrected chi connectivity index (χ4v) is 8.60. The average Bonchev–Trinajstić information content (AvgIpc) is 3.43. The number of nitrogens with zero attached hydrogens (tertiary/aromatic N) is 1. The molecule has 0 heterocycles. The highest BCUT2D eigenvalue weighted by atomic mass is 15.1. The molecule has 0 radical (unpaired) electrons. The van der Waals surface area contributed by atoms with Gasteiger partial charge >= 0.3 is 0 Å². The second-order valence-corrected chi connectivity index (χ2v) is 16.2. The van der Waals surface area contributed by atoms with Crippen LogP contribution in [0.2, 0.25) is 0 Å². The second kappa shape index (κ2) is 13.0. The van der Waals surface area contributed by atoms with Gasteiger partial charge in [-0.2, -0.15) is 0 Å². The maximum atomic E-state index is 2.53. The van der Waals surface area contributed by atoms with E-state index in [2.05, 4.69) is 222 Å². The van der Waals surface area contributed by atoms with Crippen LogP contribution in [-0.2, 0) is 10.8 Å². The molecule has 1 nitrogen and oxygen atoms in total. The van der Waals surface area contributed by atoms with E-state index in [0.29, 0.717) is 0 Å². The van der Waals surface area contributed by atoms with E-state index in [9.17, 15) is 0 Å². The Morgan fingerprint density at radius 1 is 0.426 bits per heavy atom. The van der Waals surface area contributed by atoms with Crippen LogP contribution in [0.3, 0.4) is 0 Å². The van der Waals surface area contributed by atoms with Crippen LogP contribution in [-0.4, -0.2) is 0 Å².